The van der Waals surface area contributed by atoms with Crippen LogP contribution in [-0.2, 0) is 11.4 Å². The van der Waals surface area contributed by atoms with Gasteiger partial charge in [0.15, 0.2) is 5.17 Å². The normalized spacial score (nSPS) is 15.5. The fraction of sp³-hybridized carbons (Fsp3) is 0.120. The van der Waals surface area contributed by atoms with Crippen molar-refractivity contribution in [3.8, 4) is 17.2 Å². The molecule has 0 atom stereocenters. The van der Waals surface area contributed by atoms with E-state index in [1.807, 2.05) is 48.5 Å². The Kier molecular flexibility index (Phi) is 7.22. The van der Waals surface area contributed by atoms with Crippen LogP contribution < -0.4 is 19.5 Å². The van der Waals surface area contributed by atoms with E-state index in [2.05, 4.69) is 10.3 Å². The predicted molar refractivity (Wildman–Crippen MR) is 133 cm³/mol. The number of halogens is 1. The zero-order chi connectivity index (χ0) is 23.2. The van der Waals surface area contributed by atoms with Gasteiger partial charge < -0.3 is 19.5 Å². The minimum absolute atomic E-state index is 0.182. The lowest BCUT2D eigenvalue weighted by Gasteiger charge is -2.12. The molecule has 1 saturated heterocycles. The molecule has 0 bridgehead atoms. The number of amidine groups is 1. The van der Waals surface area contributed by atoms with Crippen LogP contribution in [0.25, 0.3) is 6.08 Å². The second-order valence-corrected chi connectivity index (χ2v) is 8.46. The van der Waals surface area contributed by atoms with E-state index in [1.165, 1.54) is 11.8 Å². The van der Waals surface area contributed by atoms with Gasteiger partial charge in [-0.3, -0.25) is 4.79 Å². The Bertz CT molecular complexity index is 1210. The number of nitrogens with one attached hydrogen (secondary N) is 1. The van der Waals surface area contributed by atoms with Crippen LogP contribution in [-0.4, -0.2) is 25.3 Å². The van der Waals surface area contributed by atoms with Gasteiger partial charge in [-0.2, -0.15) is 0 Å². The zero-order valence-electron chi connectivity index (χ0n) is 18.0. The minimum atomic E-state index is -0.182. The summed E-state index contributed by atoms with van der Waals surface area (Å²) in [4.78, 5) is 17.3. The van der Waals surface area contributed by atoms with Crippen LogP contribution in [0.4, 0.5) is 5.69 Å². The van der Waals surface area contributed by atoms with E-state index in [9.17, 15) is 4.79 Å². The maximum atomic E-state index is 12.3. The Labute approximate surface area is 201 Å². The number of thioether (sulfide) groups is 1. The van der Waals surface area contributed by atoms with Crippen molar-refractivity contribution in [3.05, 3.63) is 87.8 Å². The number of methoxy groups -OCH3 is 2. The summed E-state index contributed by atoms with van der Waals surface area (Å²) in [7, 11) is 3.24. The first-order valence-corrected chi connectivity index (χ1v) is 11.2. The van der Waals surface area contributed by atoms with Crippen molar-refractivity contribution in [2.24, 2.45) is 4.99 Å². The van der Waals surface area contributed by atoms with E-state index in [-0.39, 0.29) is 5.91 Å². The molecule has 6 nitrogen and oxygen atoms in total. The molecule has 1 amide bonds. The number of carbonyl (C=O) groups is 1. The van der Waals surface area contributed by atoms with Crippen molar-refractivity contribution < 1.29 is 19.0 Å². The number of aliphatic imine (C=N–C) groups is 1. The summed E-state index contributed by atoms with van der Waals surface area (Å²) >= 11 is 7.19. The van der Waals surface area contributed by atoms with Gasteiger partial charge in [0.1, 0.15) is 23.9 Å². The third-order valence-corrected chi connectivity index (χ3v) is 5.93. The van der Waals surface area contributed by atoms with Gasteiger partial charge in [-0.15, -0.1) is 0 Å². The summed E-state index contributed by atoms with van der Waals surface area (Å²) in [5.74, 6) is 1.99. The van der Waals surface area contributed by atoms with Crippen molar-refractivity contribution in [2.45, 2.75) is 6.61 Å². The van der Waals surface area contributed by atoms with E-state index < -0.39 is 0 Å². The molecule has 8 heteroatoms. The molecule has 1 aliphatic heterocycles. The highest BCUT2D eigenvalue weighted by atomic mass is 35.5. The van der Waals surface area contributed by atoms with Gasteiger partial charge in [0, 0.05) is 10.6 Å². The van der Waals surface area contributed by atoms with Crippen molar-refractivity contribution in [1.29, 1.82) is 0 Å². The summed E-state index contributed by atoms with van der Waals surface area (Å²) < 4.78 is 16.6. The number of rotatable bonds is 7. The van der Waals surface area contributed by atoms with Crippen LogP contribution in [0.5, 0.6) is 17.2 Å². The smallest absolute Gasteiger partial charge is 0.264 e. The molecule has 0 spiro atoms. The first-order chi connectivity index (χ1) is 16.0. The molecular formula is C25H21ClN2O4S. The third kappa shape index (κ3) is 5.88. The summed E-state index contributed by atoms with van der Waals surface area (Å²) in [6.45, 7) is 0.337. The lowest BCUT2D eigenvalue weighted by atomic mass is 10.2. The highest BCUT2D eigenvalue weighted by molar-refractivity contribution is 8.18. The number of hydrogen-bond acceptors (Lipinski definition) is 6. The van der Waals surface area contributed by atoms with E-state index in [1.54, 1.807) is 38.5 Å². The first-order valence-electron chi connectivity index (χ1n) is 10.0. The lowest BCUT2D eigenvalue weighted by Crippen LogP contribution is -2.19. The number of hydrogen-bond donors (Lipinski definition) is 1. The van der Waals surface area contributed by atoms with Gasteiger partial charge in [-0.05, 0) is 78.0 Å². The zero-order valence-corrected chi connectivity index (χ0v) is 19.6. The van der Waals surface area contributed by atoms with E-state index in [0.717, 1.165) is 28.3 Å². The molecule has 1 heterocycles. The molecule has 3 aromatic rings. The minimum Gasteiger partial charge on any atom is -0.497 e. The standard InChI is InChI=1S/C25H21ClN2O4S/c1-30-21-11-12-22(31-2)17(14-21)15-32-20-9-3-16(4-10-20)13-23-24(29)28-25(33-23)27-19-7-5-18(26)6-8-19/h3-14H,15H2,1-2H3,(H,27,28,29)/b23-13-. The molecule has 3 aromatic carbocycles. The van der Waals surface area contributed by atoms with Gasteiger partial charge >= 0.3 is 0 Å². The molecule has 33 heavy (non-hydrogen) atoms. The number of carbonyl (C=O) groups excluding carboxylic acids is 1. The number of amides is 1. The van der Waals surface area contributed by atoms with Crippen LogP contribution in [0.1, 0.15) is 11.1 Å². The Balaban J connectivity index is 1.41. The van der Waals surface area contributed by atoms with Crippen LogP contribution in [0.2, 0.25) is 5.02 Å². The first kappa shape index (κ1) is 22.8. The molecule has 4 rings (SSSR count). The molecule has 1 N–H and O–H groups in total. The average molecular weight is 481 g/mol. The topological polar surface area (TPSA) is 69.2 Å². The molecule has 0 saturated carbocycles. The van der Waals surface area contributed by atoms with E-state index in [4.69, 9.17) is 25.8 Å². The van der Waals surface area contributed by atoms with Gasteiger partial charge in [0.2, 0.25) is 0 Å². The monoisotopic (exact) mass is 480 g/mol. The Hall–Kier alpha value is -3.42. The number of ether oxygens (including phenoxy) is 3. The second kappa shape index (κ2) is 10.5. The Morgan fingerprint density at radius 3 is 2.39 bits per heavy atom. The van der Waals surface area contributed by atoms with Crippen molar-refractivity contribution in [2.75, 3.05) is 14.2 Å². The largest absolute Gasteiger partial charge is 0.497 e. The van der Waals surface area contributed by atoms with Crippen molar-refractivity contribution in [3.63, 3.8) is 0 Å². The highest BCUT2D eigenvalue weighted by Crippen LogP contribution is 2.29. The molecule has 0 aromatic heterocycles. The van der Waals surface area contributed by atoms with Crippen molar-refractivity contribution >= 4 is 46.2 Å². The number of nitrogens with zero attached hydrogens (tertiary/aromatic N) is 1. The third-order valence-electron chi connectivity index (χ3n) is 4.77. The van der Waals surface area contributed by atoms with E-state index >= 15 is 0 Å². The number of benzene rings is 3. The maximum Gasteiger partial charge on any atom is 0.264 e. The van der Waals surface area contributed by atoms with Gasteiger partial charge in [0.25, 0.3) is 5.91 Å². The van der Waals surface area contributed by atoms with Gasteiger partial charge in [0.05, 0.1) is 24.8 Å². The molecule has 0 unspecified atom stereocenters. The molecule has 0 aliphatic carbocycles. The molecular weight excluding hydrogens is 460 g/mol. The average Bonchev–Trinajstić information content (AvgIpc) is 3.18. The fourth-order valence-electron chi connectivity index (χ4n) is 3.08. The SMILES string of the molecule is COc1ccc(OC)c(COc2ccc(/C=C3\SC(=Nc4ccc(Cl)cc4)NC3=O)cc2)c1. The maximum absolute atomic E-state index is 12.3. The van der Waals surface area contributed by atoms with Crippen LogP contribution in [0.3, 0.4) is 0 Å². The summed E-state index contributed by atoms with van der Waals surface area (Å²) in [5.41, 5.74) is 2.49. The summed E-state index contributed by atoms with van der Waals surface area (Å²) in [5, 5.41) is 3.95. The molecule has 0 radical (unpaired) electrons. The van der Waals surface area contributed by atoms with Crippen LogP contribution in [0, 0.1) is 0 Å². The van der Waals surface area contributed by atoms with Gasteiger partial charge in [-0.1, -0.05) is 23.7 Å². The predicted octanol–water partition coefficient (Wildman–Crippen LogP) is 5.83. The van der Waals surface area contributed by atoms with Crippen LogP contribution >= 0.6 is 23.4 Å². The molecule has 1 fully saturated rings. The summed E-state index contributed by atoms with van der Waals surface area (Å²) in [6.07, 6.45) is 1.82. The van der Waals surface area contributed by atoms with E-state index in [0.29, 0.717) is 27.5 Å². The Morgan fingerprint density at radius 1 is 0.970 bits per heavy atom. The lowest BCUT2D eigenvalue weighted by molar-refractivity contribution is -0.115. The van der Waals surface area contributed by atoms with Crippen molar-refractivity contribution in [1.82, 2.24) is 5.32 Å². The highest BCUT2D eigenvalue weighted by Gasteiger charge is 2.23. The summed E-state index contributed by atoms with van der Waals surface area (Å²) in [6, 6.07) is 20.2. The van der Waals surface area contributed by atoms with Crippen LogP contribution in [0.15, 0.2) is 76.6 Å². The fourth-order valence-corrected chi connectivity index (χ4v) is 4.05. The second-order valence-electron chi connectivity index (χ2n) is 6.99. The van der Waals surface area contributed by atoms with Gasteiger partial charge in [-0.25, -0.2) is 4.99 Å². The quantitative estimate of drug-likeness (QED) is 0.431. The Morgan fingerprint density at radius 2 is 1.70 bits per heavy atom. The molecule has 168 valence electrons. The molecule has 1 aliphatic rings.